The van der Waals surface area contributed by atoms with Crippen LogP contribution in [0.4, 0.5) is 5.69 Å². The minimum atomic E-state index is -0.176. The summed E-state index contributed by atoms with van der Waals surface area (Å²) in [6, 6.07) is 17.2. The van der Waals surface area contributed by atoms with E-state index in [9.17, 15) is 10.2 Å². The van der Waals surface area contributed by atoms with Crippen LogP contribution in [0.3, 0.4) is 0 Å². The molecule has 0 bridgehead atoms. The molecule has 1 heterocycles. The zero-order valence-electron chi connectivity index (χ0n) is 17.5. The number of rotatable bonds is 6. The lowest BCUT2D eigenvalue weighted by atomic mass is 10.0. The summed E-state index contributed by atoms with van der Waals surface area (Å²) in [6.45, 7) is 5.96. The molecule has 0 saturated carbocycles. The van der Waals surface area contributed by atoms with E-state index in [1.807, 2.05) is 56.3 Å². The van der Waals surface area contributed by atoms with E-state index in [2.05, 4.69) is 12.2 Å². The van der Waals surface area contributed by atoms with Crippen molar-refractivity contribution >= 4 is 34.3 Å². The molecule has 2 N–H and O–H groups in total. The van der Waals surface area contributed by atoms with Gasteiger partial charge in [-0.05, 0) is 60.4 Å². The van der Waals surface area contributed by atoms with Crippen molar-refractivity contribution in [1.82, 2.24) is 0 Å². The second kappa shape index (κ2) is 9.65. The van der Waals surface area contributed by atoms with Gasteiger partial charge in [-0.1, -0.05) is 55.5 Å². The monoisotopic (exact) mass is 418 g/mol. The molecule has 1 aromatic heterocycles. The summed E-state index contributed by atoms with van der Waals surface area (Å²) in [5.41, 5.74) is 5.78. The molecule has 0 saturated heterocycles. The highest BCUT2D eigenvalue weighted by Crippen LogP contribution is 2.21. The van der Waals surface area contributed by atoms with Crippen molar-refractivity contribution < 1.29 is 14.8 Å². The molecule has 2 aromatic carbocycles. The van der Waals surface area contributed by atoms with Gasteiger partial charge in [-0.15, -0.1) is 0 Å². The summed E-state index contributed by atoms with van der Waals surface area (Å²) in [4.78, 5) is 0.333. The Bertz CT molecular complexity index is 1110. The summed E-state index contributed by atoms with van der Waals surface area (Å²) in [5.74, 6) is -0.176. The molecule has 0 amide bonds. The van der Waals surface area contributed by atoms with Gasteiger partial charge in [-0.25, -0.2) is 0 Å². The summed E-state index contributed by atoms with van der Waals surface area (Å²) in [7, 11) is 0. The summed E-state index contributed by atoms with van der Waals surface area (Å²) in [6.07, 6.45) is 4.35. The van der Waals surface area contributed by atoms with Gasteiger partial charge in [-0.3, -0.25) is 0 Å². The molecule has 0 unspecified atom stereocenters. The Morgan fingerprint density at radius 2 is 1.83 bits per heavy atom. The lowest BCUT2D eigenvalue weighted by Crippen LogP contribution is -2.40. The highest BCUT2D eigenvalue weighted by atomic mass is 32.1. The van der Waals surface area contributed by atoms with Crippen LogP contribution in [0.15, 0.2) is 67.0 Å². The maximum atomic E-state index is 13.5. The van der Waals surface area contributed by atoms with Crippen molar-refractivity contribution in [3.05, 3.63) is 94.8 Å². The fourth-order valence-corrected chi connectivity index (χ4v) is 3.55. The lowest BCUT2D eigenvalue weighted by molar-refractivity contribution is -0.578. The highest BCUT2D eigenvalue weighted by molar-refractivity contribution is 7.81. The topological polar surface area (TPSA) is 59.2 Å². The molecule has 0 atom stereocenters. The molecule has 0 fully saturated rings. The molecular formula is C25H26N2O2S. The van der Waals surface area contributed by atoms with Gasteiger partial charge in [0.15, 0.2) is 17.4 Å². The summed E-state index contributed by atoms with van der Waals surface area (Å²) in [5, 5.41) is 26.4. The van der Waals surface area contributed by atoms with Crippen molar-refractivity contribution in [1.29, 1.82) is 0 Å². The average Bonchev–Trinajstić information content (AvgIpc) is 2.76. The van der Waals surface area contributed by atoms with E-state index in [-0.39, 0.29) is 12.4 Å². The van der Waals surface area contributed by atoms with Crippen LogP contribution >= 0.6 is 12.2 Å². The third-order valence-electron chi connectivity index (χ3n) is 5.15. The van der Waals surface area contributed by atoms with E-state index in [1.165, 1.54) is 0 Å². The SMILES string of the molecule is CCc1ccccc1NC(=S)C(=C([O-])c1ccc(C)c(C)c1)[n+]1cccc(CO)c1. The Kier molecular flexibility index (Phi) is 6.98. The largest absolute Gasteiger partial charge is 0.867 e. The number of hydrogen-bond acceptors (Lipinski definition) is 3. The van der Waals surface area contributed by atoms with Gasteiger partial charge in [0.1, 0.15) is 0 Å². The molecule has 3 rings (SSSR count). The van der Waals surface area contributed by atoms with Crippen LogP contribution in [0.5, 0.6) is 0 Å². The third-order valence-corrected chi connectivity index (χ3v) is 5.44. The second-order valence-corrected chi connectivity index (χ2v) is 7.63. The van der Waals surface area contributed by atoms with E-state index in [0.29, 0.717) is 21.8 Å². The van der Waals surface area contributed by atoms with Gasteiger partial charge in [0.25, 0.3) is 0 Å². The van der Waals surface area contributed by atoms with Gasteiger partial charge in [0, 0.05) is 17.3 Å². The third kappa shape index (κ3) is 4.75. The predicted molar refractivity (Wildman–Crippen MR) is 124 cm³/mol. The normalized spacial score (nSPS) is 11.7. The van der Waals surface area contributed by atoms with Gasteiger partial charge < -0.3 is 15.5 Å². The van der Waals surface area contributed by atoms with E-state index < -0.39 is 0 Å². The van der Waals surface area contributed by atoms with E-state index in [4.69, 9.17) is 12.2 Å². The van der Waals surface area contributed by atoms with Gasteiger partial charge >= 0.3 is 0 Å². The molecule has 4 nitrogen and oxygen atoms in total. The van der Waals surface area contributed by atoms with Crippen LogP contribution in [-0.2, 0) is 13.0 Å². The molecular weight excluding hydrogens is 392 g/mol. The quantitative estimate of drug-likeness (QED) is 0.277. The summed E-state index contributed by atoms with van der Waals surface area (Å²) < 4.78 is 1.69. The molecule has 0 radical (unpaired) electrons. The van der Waals surface area contributed by atoms with Crippen LogP contribution < -0.4 is 15.0 Å². The number of hydrogen-bond donors (Lipinski definition) is 2. The van der Waals surface area contributed by atoms with Crippen LogP contribution in [0.1, 0.15) is 34.7 Å². The number of nitrogens with zero attached hydrogens (tertiary/aromatic N) is 1. The Hall–Kier alpha value is -3.02. The van der Waals surface area contributed by atoms with E-state index in [0.717, 1.165) is 28.8 Å². The Labute approximate surface area is 183 Å². The zero-order valence-corrected chi connectivity index (χ0v) is 18.3. The Morgan fingerprint density at radius 1 is 1.07 bits per heavy atom. The number of aryl methyl sites for hydroxylation is 3. The number of benzene rings is 2. The standard InChI is InChI=1S/C25H26N2O2S/c1-4-20-9-5-6-10-22(20)26-25(30)23(27-13-7-8-19(15-27)16-28)24(29)21-12-11-17(2)18(3)14-21/h5-15,28H,4,16H2,1-3H3,(H-,26,29,30). The maximum Gasteiger partial charge on any atom is 0.238 e. The fourth-order valence-electron chi connectivity index (χ4n) is 3.25. The molecule has 5 heteroatoms. The molecule has 0 aliphatic carbocycles. The molecule has 0 spiro atoms. The van der Waals surface area contributed by atoms with Crippen LogP contribution in [-0.4, -0.2) is 10.1 Å². The number of aliphatic hydroxyl groups is 1. The van der Waals surface area contributed by atoms with Gasteiger partial charge in [0.05, 0.1) is 6.61 Å². The lowest BCUT2D eigenvalue weighted by Gasteiger charge is -2.19. The van der Waals surface area contributed by atoms with Gasteiger partial charge in [-0.2, -0.15) is 4.57 Å². The van der Waals surface area contributed by atoms with Crippen molar-refractivity contribution in [3.63, 3.8) is 0 Å². The van der Waals surface area contributed by atoms with Crippen molar-refractivity contribution in [2.75, 3.05) is 5.32 Å². The molecule has 3 aromatic rings. The predicted octanol–water partition coefficient (Wildman–Crippen LogP) is 3.77. The molecule has 0 aliphatic rings. The number of aromatic nitrogens is 1. The first-order valence-corrected chi connectivity index (χ1v) is 10.3. The number of thiocarbonyl (C=S) groups is 1. The molecule has 0 aliphatic heterocycles. The van der Waals surface area contributed by atoms with E-state index >= 15 is 0 Å². The Balaban J connectivity index is 2.13. The minimum Gasteiger partial charge on any atom is -0.867 e. The Morgan fingerprint density at radius 3 is 2.53 bits per heavy atom. The van der Waals surface area contributed by atoms with Crippen LogP contribution in [0, 0.1) is 13.8 Å². The fraction of sp³-hybridized carbons (Fsp3) is 0.200. The first kappa shape index (κ1) is 21.7. The smallest absolute Gasteiger partial charge is 0.238 e. The minimum absolute atomic E-state index is 0.120. The van der Waals surface area contributed by atoms with Crippen molar-refractivity contribution in [2.24, 2.45) is 0 Å². The molecule has 154 valence electrons. The highest BCUT2D eigenvalue weighted by Gasteiger charge is 2.20. The average molecular weight is 419 g/mol. The molecule has 30 heavy (non-hydrogen) atoms. The number of pyridine rings is 1. The second-order valence-electron chi connectivity index (χ2n) is 7.22. The van der Waals surface area contributed by atoms with Gasteiger partial charge in [0.2, 0.25) is 5.70 Å². The van der Waals surface area contributed by atoms with Crippen LogP contribution in [0.25, 0.3) is 11.5 Å². The number of aliphatic hydroxyl groups excluding tert-OH is 1. The zero-order chi connectivity index (χ0) is 21.7. The first-order chi connectivity index (χ1) is 14.4. The number of para-hydroxylation sites is 1. The van der Waals surface area contributed by atoms with Crippen molar-refractivity contribution in [2.45, 2.75) is 33.8 Å². The number of anilines is 1. The maximum absolute atomic E-state index is 13.5. The van der Waals surface area contributed by atoms with E-state index in [1.54, 1.807) is 29.1 Å². The number of nitrogens with one attached hydrogen (secondary N) is 1. The van der Waals surface area contributed by atoms with Crippen molar-refractivity contribution in [3.8, 4) is 0 Å². The first-order valence-electron chi connectivity index (χ1n) is 9.94. The summed E-state index contributed by atoms with van der Waals surface area (Å²) >= 11 is 5.71. The van der Waals surface area contributed by atoms with Crippen LogP contribution in [0.2, 0.25) is 0 Å².